The first-order chi connectivity index (χ1) is 8.03. The zero-order valence-electron chi connectivity index (χ0n) is 12.6. The second-order valence-corrected chi connectivity index (χ2v) is 12.1. The molecule has 0 aromatic heterocycles. The Morgan fingerprint density at radius 2 is 1.78 bits per heavy atom. The van der Waals surface area contributed by atoms with E-state index in [-0.39, 0.29) is 17.1 Å². The molecule has 0 radical (unpaired) electrons. The maximum atomic E-state index is 11.2. The van der Waals surface area contributed by atoms with Gasteiger partial charge in [-0.15, -0.1) is 0 Å². The highest BCUT2D eigenvalue weighted by Gasteiger charge is 2.41. The number of rotatable bonds is 3. The molecule has 1 N–H and O–H groups in total. The molecule has 0 bridgehead atoms. The Morgan fingerprint density at radius 3 is 2.22 bits per heavy atom. The van der Waals surface area contributed by atoms with Crippen LogP contribution in [0.1, 0.15) is 47.0 Å². The summed E-state index contributed by atoms with van der Waals surface area (Å²) in [6, 6.07) is 0. The average Bonchev–Trinajstić information content (AvgIpc) is 2.13. The second kappa shape index (κ2) is 5.33. The predicted molar refractivity (Wildman–Crippen MR) is 76.2 cm³/mol. The van der Waals surface area contributed by atoms with Crippen molar-refractivity contribution in [3.8, 4) is 0 Å². The van der Waals surface area contributed by atoms with Gasteiger partial charge in [-0.2, -0.15) is 0 Å². The van der Waals surface area contributed by atoms with E-state index < -0.39 is 14.3 Å². The molecule has 1 saturated carbocycles. The Balaban J connectivity index is 2.70. The first-order valence-electron chi connectivity index (χ1n) is 6.93. The fourth-order valence-electron chi connectivity index (χ4n) is 2.43. The molecule has 1 aliphatic carbocycles. The van der Waals surface area contributed by atoms with Crippen molar-refractivity contribution in [3.05, 3.63) is 0 Å². The van der Waals surface area contributed by atoms with E-state index in [0.29, 0.717) is 12.3 Å². The van der Waals surface area contributed by atoms with Gasteiger partial charge in [-0.1, -0.05) is 27.7 Å². The minimum atomic E-state index is -1.78. The van der Waals surface area contributed by atoms with E-state index in [4.69, 9.17) is 4.43 Å². The molecule has 0 aromatic carbocycles. The predicted octanol–water partition coefficient (Wildman–Crippen LogP) is 3.90. The number of carboxylic acid groups (broad SMARTS) is 1. The van der Waals surface area contributed by atoms with Crippen LogP contribution in [0.2, 0.25) is 18.1 Å². The zero-order valence-corrected chi connectivity index (χ0v) is 13.6. The zero-order chi connectivity index (χ0) is 14.1. The molecule has 1 fully saturated rings. The van der Waals surface area contributed by atoms with Gasteiger partial charge < -0.3 is 9.53 Å². The highest BCUT2D eigenvalue weighted by molar-refractivity contribution is 6.74. The Bertz CT molecular complexity index is 307. The summed E-state index contributed by atoms with van der Waals surface area (Å²) in [7, 11) is -1.78. The van der Waals surface area contributed by atoms with Crippen molar-refractivity contribution in [2.45, 2.75) is 71.2 Å². The maximum Gasteiger partial charge on any atom is 0.306 e. The van der Waals surface area contributed by atoms with Gasteiger partial charge in [0.15, 0.2) is 8.32 Å². The van der Waals surface area contributed by atoms with Crippen molar-refractivity contribution in [1.82, 2.24) is 0 Å². The molecule has 4 heteroatoms. The number of carbonyl (C=O) groups is 1. The third-order valence-electron chi connectivity index (χ3n) is 4.52. The smallest absolute Gasteiger partial charge is 0.306 e. The normalized spacial score (nSPS) is 30.2. The summed E-state index contributed by atoms with van der Waals surface area (Å²) in [4.78, 5) is 11.2. The van der Waals surface area contributed by atoms with Crippen LogP contribution in [0.25, 0.3) is 0 Å². The van der Waals surface area contributed by atoms with E-state index >= 15 is 0 Å². The first kappa shape index (κ1) is 15.7. The fourth-order valence-corrected chi connectivity index (χ4v) is 3.81. The summed E-state index contributed by atoms with van der Waals surface area (Å²) in [5.41, 5.74) is 0. The van der Waals surface area contributed by atoms with E-state index in [1.54, 1.807) is 0 Å². The molecule has 3 atom stereocenters. The van der Waals surface area contributed by atoms with Gasteiger partial charge in [0.1, 0.15) is 0 Å². The molecular weight excluding hydrogens is 244 g/mol. The average molecular weight is 272 g/mol. The van der Waals surface area contributed by atoms with Crippen LogP contribution in [-0.4, -0.2) is 25.5 Å². The van der Waals surface area contributed by atoms with Gasteiger partial charge in [0.05, 0.1) is 5.92 Å². The number of carboxylic acids is 1. The van der Waals surface area contributed by atoms with Crippen LogP contribution in [0.4, 0.5) is 0 Å². The molecule has 0 saturated heterocycles. The molecule has 1 aliphatic rings. The summed E-state index contributed by atoms with van der Waals surface area (Å²) in [6.45, 7) is 13.3. The van der Waals surface area contributed by atoms with E-state index in [1.807, 2.05) is 0 Å². The molecular formula is C14H28O3Si. The topological polar surface area (TPSA) is 46.5 Å². The van der Waals surface area contributed by atoms with Crippen LogP contribution < -0.4 is 0 Å². The lowest BCUT2D eigenvalue weighted by Crippen LogP contribution is -2.46. The maximum absolute atomic E-state index is 11.2. The number of hydrogen-bond donors (Lipinski definition) is 1. The van der Waals surface area contributed by atoms with E-state index in [0.717, 1.165) is 12.8 Å². The molecule has 18 heavy (non-hydrogen) atoms. The van der Waals surface area contributed by atoms with Crippen molar-refractivity contribution in [2.24, 2.45) is 11.8 Å². The lowest BCUT2D eigenvalue weighted by molar-refractivity contribution is -0.144. The Kier molecular flexibility index (Phi) is 4.65. The van der Waals surface area contributed by atoms with Crippen LogP contribution >= 0.6 is 0 Å². The highest BCUT2D eigenvalue weighted by Crippen LogP contribution is 2.40. The van der Waals surface area contributed by atoms with Gasteiger partial charge in [-0.05, 0) is 43.3 Å². The van der Waals surface area contributed by atoms with Gasteiger partial charge in [0.2, 0.25) is 0 Å². The van der Waals surface area contributed by atoms with Gasteiger partial charge in [-0.25, -0.2) is 0 Å². The van der Waals surface area contributed by atoms with Crippen molar-refractivity contribution in [2.75, 3.05) is 0 Å². The molecule has 3 nitrogen and oxygen atoms in total. The van der Waals surface area contributed by atoms with Crippen LogP contribution in [0.15, 0.2) is 0 Å². The van der Waals surface area contributed by atoms with E-state index in [2.05, 4.69) is 40.8 Å². The van der Waals surface area contributed by atoms with E-state index in [9.17, 15) is 9.90 Å². The van der Waals surface area contributed by atoms with E-state index in [1.165, 1.54) is 0 Å². The molecule has 1 rings (SSSR count). The SMILES string of the molecule is C[C@H]1CC(O[Si](C)(C)C(C)(C)C)CC(C(=O)O)C1. The number of hydrogen-bond acceptors (Lipinski definition) is 2. The first-order valence-corrected chi connectivity index (χ1v) is 9.84. The van der Waals surface area contributed by atoms with Crippen molar-refractivity contribution in [3.63, 3.8) is 0 Å². The fraction of sp³-hybridized carbons (Fsp3) is 0.929. The molecule has 0 spiro atoms. The highest BCUT2D eigenvalue weighted by atomic mass is 28.4. The lowest BCUT2D eigenvalue weighted by Gasteiger charge is -2.42. The van der Waals surface area contributed by atoms with Gasteiger partial charge in [-0.3, -0.25) is 4.79 Å². The standard InChI is InChI=1S/C14H28O3Si/c1-10-7-11(13(15)16)9-12(8-10)17-18(5,6)14(2,3)4/h10-12H,7-9H2,1-6H3,(H,15,16)/t10-,11?,12?/m1/s1. The number of aliphatic carboxylic acids is 1. The molecule has 0 heterocycles. The molecule has 0 aliphatic heterocycles. The van der Waals surface area contributed by atoms with Gasteiger partial charge in [0.25, 0.3) is 0 Å². The molecule has 0 aromatic rings. The van der Waals surface area contributed by atoms with Crippen molar-refractivity contribution >= 4 is 14.3 Å². The largest absolute Gasteiger partial charge is 0.481 e. The van der Waals surface area contributed by atoms with Crippen LogP contribution in [0.5, 0.6) is 0 Å². The Hall–Kier alpha value is -0.353. The van der Waals surface area contributed by atoms with Crippen molar-refractivity contribution < 1.29 is 14.3 Å². The summed E-state index contributed by atoms with van der Waals surface area (Å²) in [6.07, 6.45) is 2.63. The van der Waals surface area contributed by atoms with Gasteiger partial charge >= 0.3 is 5.97 Å². The summed E-state index contributed by atoms with van der Waals surface area (Å²) < 4.78 is 6.37. The minimum absolute atomic E-state index is 0.135. The minimum Gasteiger partial charge on any atom is -0.481 e. The quantitative estimate of drug-likeness (QED) is 0.793. The van der Waals surface area contributed by atoms with Gasteiger partial charge in [0, 0.05) is 6.10 Å². The Morgan fingerprint density at radius 1 is 1.22 bits per heavy atom. The van der Waals surface area contributed by atoms with Crippen LogP contribution in [-0.2, 0) is 9.22 Å². The summed E-state index contributed by atoms with van der Waals surface area (Å²) in [5, 5.41) is 9.37. The third kappa shape index (κ3) is 3.82. The third-order valence-corrected chi connectivity index (χ3v) is 9.05. The monoisotopic (exact) mass is 272 g/mol. The lowest BCUT2D eigenvalue weighted by atomic mass is 9.81. The van der Waals surface area contributed by atoms with Crippen LogP contribution in [0.3, 0.4) is 0 Å². The Labute approximate surface area is 112 Å². The van der Waals surface area contributed by atoms with Crippen molar-refractivity contribution in [1.29, 1.82) is 0 Å². The second-order valence-electron chi connectivity index (χ2n) is 7.35. The summed E-state index contributed by atoms with van der Waals surface area (Å²) in [5.74, 6) is -0.427. The summed E-state index contributed by atoms with van der Waals surface area (Å²) >= 11 is 0. The van der Waals surface area contributed by atoms with Crippen LogP contribution in [0, 0.1) is 11.8 Å². The molecule has 2 unspecified atom stereocenters. The molecule has 0 amide bonds. The molecule has 106 valence electrons.